The number of nitrogens with one attached hydrogen (secondary N) is 1. The molecule has 0 spiro atoms. The van der Waals surface area contributed by atoms with Gasteiger partial charge in [-0.2, -0.15) is 0 Å². The lowest BCUT2D eigenvalue weighted by atomic mass is 9.92. The standard InChI is InChI=1S/C22H26N2O4S/c1-28-20-13-17-7-2-3-8-18(17)14-21(20)29(26,27)23-15-16-6-4-9-19(12-16)24-11-5-10-22(24)25/h4,6,9,12-14,23H,2-3,5,7-8,10-11,15H2,1H3. The molecule has 0 atom stereocenters. The number of carbonyl (C=O) groups excluding carboxylic acids is 1. The Hall–Kier alpha value is -2.38. The number of hydrogen-bond acceptors (Lipinski definition) is 4. The fraction of sp³-hybridized carbons (Fsp3) is 0.409. The van der Waals surface area contributed by atoms with E-state index >= 15 is 0 Å². The first-order valence-electron chi connectivity index (χ1n) is 10.1. The third-order valence-corrected chi connectivity index (χ3v) is 7.10. The maximum absolute atomic E-state index is 13.0. The molecule has 0 aromatic heterocycles. The van der Waals surface area contributed by atoms with Gasteiger partial charge in [-0.15, -0.1) is 0 Å². The number of benzene rings is 2. The Morgan fingerprint density at radius 1 is 1.03 bits per heavy atom. The number of aryl methyl sites for hydroxylation is 2. The third kappa shape index (κ3) is 4.16. The number of sulfonamides is 1. The van der Waals surface area contributed by atoms with Crippen LogP contribution in [0.5, 0.6) is 5.75 Å². The zero-order valence-corrected chi connectivity index (χ0v) is 17.4. The van der Waals surface area contributed by atoms with E-state index in [0.717, 1.165) is 48.9 Å². The van der Waals surface area contributed by atoms with Crippen LogP contribution in [0.25, 0.3) is 0 Å². The van der Waals surface area contributed by atoms with E-state index in [4.69, 9.17) is 4.74 Å². The van der Waals surface area contributed by atoms with Gasteiger partial charge >= 0.3 is 0 Å². The van der Waals surface area contributed by atoms with E-state index in [2.05, 4.69) is 4.72 Å². The largest absolute Gasteiger partial charge is 0.495 e. The molecule has 2 aliphatic rings. The van der Waals surface area contributed by atoms with Gasteiger partial charge in [0, 0.05) is 25.2 Å². The van der Waals surface area contributed by atoms with E-state index in [9.17, 15) is 13.2 Å². The van der Waals surface area contributed by atoms with Gasteiger partial charge in [-0.05, 0) is 73.1 Å². The van der Waals surface area contributed by atoms with Gasteiger partial charge < -0.3 is 9.64 Å². The van der Waals surface area contributed by atoms with Crippen LogP contribution in [0.4, 0.5) is 5.69 Å². The second-order valence-electron chi connectivity index (χ2n) is 7.62. The molecule has 1 amide bonds. The van der Waals surface area contributed by atoms with Crippen molar-refractivity contribution in [2.45, 2.75) is 50.0 Å². The smallest absolute Gasteiger partial charge is 0.244 e. The van der Waals surface area contributed by atoms with Crippen molar-refractivity contribution in [1.82, 2.24) is 4.72 Å². The number of rotatable bonds is 6. The molecule has 2 aromatic carbocycles. The number of anilines is 1. The summed E-state index contributed by atoms with van der Waals surface area (Å²) in [6, 6.07) is 11.1. The summed E-state index contributed by atoms with van der Waals surface area (Å²) in [5.41, 5.74) is 3.89. The molecule has 1 N–H and O–H groups in total. The van der Waals surface area contributed by atoms with Gasteiger partial charge in [-0.3, -0.25) is 4.79 Å². The van der Waals surface area contributed by atoms with Crippen molar-refractivity contribution in [1.29, 1.82) is 0 Å². The van der Waals surface area contributed by atoms with E-state index in [1.165, 1.54) is 12.7 Å². The van der Waals surface area contributed by atoms with Crippen LogP contribution in [-0.4, -0.2) is 28.0 Å². The molecule has 0 unspecified atom stereocenters. The number of fused-ring (bicyclic) bond motifs is 1. The third-order valence-electron chi connectivity index (χ3n) is 5.68. The Morgan fingerprint density at radius 3 is 2.48 bits per heavy atom. The highest BCUT2D eigenvalue weighted by Gasteiger charge is 2.24. The normalized spacial score (nSPS) is 16.7. The first kappa shape index (κ1) is 19.9. The minimum absolute atomic E-state index is 0.113. The Bertz CT molecular complexity index is 1030. The van der Waals surface area contributed by atoms with Crippen LogP contribution >= 0.6 is 0 Å². The molecular formula is C22H26N2O4S. The number of nitrogens with zero attached hydrogens (tertiary/aromatic N) is 1. The fourth-order valence-corrected chi connectivity index (χ4v) is 5.34. The molecule has 4 rings (SSSR count). The average molecular weight is 415 g/mol. The molecule has 29 heavy (non-hydrogen) atoms. The average Bonchev–Trinajstić information content (AvgIpc) is 3.17. The van der Waals surface area contributed by atoms with Crippen molar-refractivity contribution in [2.75, 3.05) is 18.6 Å². The Balaban J connectivity index is 1.55. The predicted octanol–water partition coefficient (Wildman–Crippen LogP) is 3.18. The maximum atomic E-state index is 13.0. The molecule has 1 saturated heterocycles. The lowest BCUT2D eigenvalue weighted by Gasteiger charge is -2.20. The Labute approximate surface area is 171 Å². The van der Waals surface area contributed by atoms with Gasteiger partial charge in [0.15, 0.2) is 0 Å². The van der Waals surface area contributed by atoms with E-state index in [-0.39, 0.29) is 17.3 Å². The number of ether oxygens (including phenoxy) is 1. The summed E-state index contributed by atoms with van der Waals surface area (Å²) in [6.45, 7) is 0.860. The van der Waals surface area contributed by atoms with Crippen LogP contribution in [-0.2, 0) is 34.2 Å². The molecule has 7 heteroatoms. The van der Waals surface area contributed by atoms with Crippen LogP contribution in [0.2, 0.25) is 0 Å². The highest BCUT2D eigenvalue weighted by atomic mass is 32.2. The minimum atomic E-state index is -3.73. The van der Waals surface area contributed by atoms with Crippen LogP contribution in [0.1, 0.15) is 42.4 Å². The van der Waals surface area contributed by atoms with Crippen molar-refractivity contribution >= 4 is 21.6 Å². The van der Waals surface area contributed by atoms with Gasteiger partial charge in [0.25, 0.3) is 0 Å². The van der Waals surface area contributed by atoms with Crippen molar-refractivity contribution in [3.05, 3.63) is 53.1 Å². The highest BCUT2D eigenvalue weighted by Crippen LogP contribution is 2.32. The second-order valence-corrected chi connectivity index (χ2v) is 9.36. The van der Waals surface area contributed by atoms with Crippen molar-refractivity contribution < 1.29 is 17.9 Å². The van der Waals surface area contributed by atoms with Crippen molar-refractivity contribution in [3.63, 3.8) is 0 Å². The molecule has 0 bridgehead atoms. The van der Waals surface area contributed by atoms with Crippen LogP contribution in [0, 0.1) is 0 Å². The van der Waals surface area contributed by atoms with Crippen molar-refractivity contribution in [3.8, 4) is 5.75 Å². The van der Waals surface area contributed by atoms with E-state index in [0.29, 0.717) is 18.7 Å². The quantitative estimate of drug-likeness (QED) is 0.788. The zero-order chi connectivity index (χ0) is 20.4. The number of methoxy groups -OCH3 is 1. The molecule has 2 aromatic rings. The molecule has 6 nitrogen and oxygen atoms in total. The predicted molar refractivity (Wildman–Crippen MR) is 112 cm³/mol. The molecule has 1 fully saturated rings. The van der Waals surface area contributed by atoms with Gasteiger partial charge in [-0.25, -0.2) is 13.1 Å². The monoisotopic (exact) mass is 414 g/mol. The molecule has 0 saturated carbocycles. The summed E-state index contributed by atoms with van der Waals surface area (Å²) in [4.78, 5) is 13.9. The minimum Gasteiger partial charge on any atom is -0.495 e. The Kier molecular flexibility index (Phi) is 5.61. The van der Waals surface area contributed by atoms with Crippen LogP contribution in [0.3, 0.4) is 0 Å². The summed E-state index contributed by atoms with van der Waals surface area (Å²) in [6.07, 6.45) is 5.47. The van der Waals surface area contributed by atoms with Gasteiger partial charge in [0.05, 0.1) is 7.11 Å². The molecule has 1 aliphatic heterocycles. The molecular weight excluding hydrogens is 388 g/mol. The SMILES string of the molecule is COc1cc2c(cc1S(=O)(=O)NCc1cccc(N3CCCC3=O)c1)CCCC2. The molecule has 154 valence electrons. The first-order valence-corrected chi connectivity index (χ1v) is 11.5. The molecule has 0 radical (unpaired) electrons. The van der Waals surface area contributed by atoms with E-state index in [1.807, 2.05) is 30.3 Å². The summed E-state index contributed by atoms with van der Waals surface area (Å²) in [7, 11) is -2.23. The zero-order valence-electron chi connectivity index (χ0n) is 16.6. The Morgan fingerprint density at radius 2 is 1.79 bits per heavy atom. The molecule has 1 heterocycles. The summed E-state index contributed by atoms with van der Waals surface area (Å²) < 4.78 is 34.1. The summed E-state index contributed by atoms with van der Waals surface area (Å²) in [5, 5.41) is 0. The summed E-state index contributed by atoms with van der Waals surface area (Å²) >= 11 is 0. The van der Waals surface area contributed by atoms with Gasteiger partial charge in [0.2, 0.25) is 15.9 Å². The van der Waals surface area contributed by atoms with Crippen LogP contribution in [0.15, 0.2) is 41.3 Å². The van der Waals surface area contributed by atoms with Crippen molar-refractivity contribution in [2.24, 2.45) is 0 Å². The van der Waals surface area contributed by atoms with Gasteiger partial charge in [0.1, 0.15) is 10.6 Å². The highest BCUT2D eigenvalue weighted by molar-refractivity contribution is 7.89. The summed E-state index contributed by atoms with van der Waals surface area (Å²) in [5.74, 6) is 0.496. The number of hydrogen-bond donors (Lipinski definition) is 1. The lowest BCUT2D eigenvalue weighted by Crippen LogP contribution is -2.25. The van der Waals surface area contributed by atoms with Crippen LogP contribution < -0.4 is 14.4 Å². The lowest BCUT2D eigenvalue weighted by molar-refractivity contribution is -0.117. The van der Waals surface area contributed by atoms with E-state index in [1.54, 1.807) is 11.0 Å². The first-order chi connectivity index (χ1) is 14.0. The molecule has 1 aliphatic carbocycles. The maximum Gasteiger partial charge on any atom is 0.244 e. The fourth-order valence-electron chi connectivity index (χ4n) is 4.12. The topological polar surface area (TPSA) is 75.7 Å². The number of amides is 1. The van der Waals surface area contributed by atoms with Gasteiger partial charge in [-0.1, -0.05) is 12.1 Å². The van der Waals surface area contributed by atoms with E-state index < -0.39 is 10.0 Å². The number of carbonyl (C=O) groups is 1. The second kappa shape index (κ2) is 8.16.